The average Bonchev–Trinajstić information content (AvgIpc) is 2.99. The fourth-order valence-corrected chi connectivity index (χ4v) is 2.32. The van der Waals surface area contributed by atoms with Gasteiger partial charge >= 0.3 is 5.97 Å². The Morgan fingerprint density at radius 3 is 2.83 bits per heavy atom. The van der Waals surface area contributed by atoms with Crippen LogP contribution in [0.5, 0.6) is 5.75 Å². The van der Waals surface area contributed by atoms with E-state index in [0.717, 1.165) is 12.8 Å². The molecule has 8 heteroatoms. The molecule has 23 heavy (non-hydrogen) atoms. The van der Waals surface area contributed by atoms with Crippen LogP contribution in [0.1, 0.15) is 39.2 Å². The van der Waals surface area contributed by atoms with Crippen molar-refractivity contribution >= 4 is 11.7 Å². The molecule has 0 amide bonds. The Labute approximate surface area is 134 Å². The highest BCUT2D eigenvalue weighted by Crippen LogP contribution is 2.29. The summed E-state index contributed by atoms with van der Waals surface area (Å²) < 4.78 is 6.74. The van der Waals surface area contributed by atoms with Crippen LogP contribution < -0.4 is 10.5 Å². The van der Waals surface area contributed by atoms with E-state index in [4.69, 9.17) is 10.5 Å². The van der Waals surface area contributed by atoms with Crippen LogP contribution in [0, 0.1) is 0 Å². The van der Waals surface area contributed by atoms with E-state index in [0.29, 0.717) is 35.9 Å². The normalized spacial score (nSPS) is 12.1. The molecule has 0 radical (unpaired) electrons. The van der Waals surface area contributed by atoms with Crippen molar-refractivity contribution in [2.24, 2.45) is 0 Å². The first-order valence-corrected chi connectivity index (χ1v) is 7.61. The molecule has 0 saturated heterocycles. The monoisotopic (exact) mass is 319 g/mol. The summed E-state index contributed by atoms with van der Waals surface area (Å²) in [5.41, 5.74) is 7.07. The number of unbranched alkanes of at least 4 members (excludes halogenated alkanes) is 1. The quantitative estimate of drug-likeness (QED) is 0.716. The second-order valence-electron chi connectivity index (χ2n) is 5.13. The van der Waals surface area contributed by atoms with Gasteiger partial charge in [-0.3, -0.25) is 0 Å². The molecule has 2 aromatic rings. The second kappa shape index (κ2) is 7.57. The van der Waals surface area contributed by atoms with Gasteiger partial charge < -0.3 is 15.6 Å². The van der Waals surface area contributed by atoms with Crippen molar-refractivity contribution in [3.8, 4) is 17.1 Å². The molecule has 0 fully saturated rings. The molecular formula is C15H21N5O3. The Bertz CT molecular complexity index is 671. The number of benzene rings is 1. The van der Waals surface area contributed by atoms with Crippen LogP contribution in [0.3, 0.4) is 0 Å². The third kappa shape index (κ3) is 3.77. The minimum absolute atomic E-state index is 0.378. The molecule has 0 saturated carbocycles. The molecule has 3 N–H and O–H groups in total. The summed E-state index contributed by atoms with van der Waals surface area (Å²) in [5.74, 6) is 0.00482. The van der Waals surface area contributed by atoms with Crippen molar-refractivity contribution in [3.05, 3.63) is 18.2 Å². The summed E-state index contributed by atoms with van der Waals surface area (Å²) in [6.07, 6.45) is 2.15. The maximum atomic E-state index is 11.5. The van der Waals surface area contributed by atoms with E-state index in [1.54, 1.807) is 18.2 Å². The molecule has 1 aromatic heterocycles. The first-order chi connectivity index (χ1) is 11.1. The molecule has 1 aromatic carbocycles. The Hall–Kier alpha value is -2.64. The molecule has 8 nitrogen and oxygen atoms in total. The highest BCUT2D eigenvalue weighted by molar-refractivity contribution is 5.73. The third-order valence-corrected chi connectivity index (χ3v) is 3.47. The molecule has 1 atom stereocenters. The topological polar surface area (TPSA) is 116 Å². The van der Waals surface area contributed by atoms with Crippen molar-refractivity contribution in [3.63, 3.8) is 0 Å². The van der Waals surface area contributed by atoms with Gasteiger partial charge in [0, 0.05) is 5.56 Å². The number of tetrazole rings is 1. The van der Waals surface area contributed by atoms with Gasteiger partial charge in [0.05, 0.1) is 12.3 Å². The number of carbonyl (C=O) groups is 1. The smallest absolute Gasteiger partial charge is 0.328 e. The molecule has 2 rings (SSSR count). The number of anilines is 1. The molecule has 124 valence electrons. The summed E-state index contributed by atoms with van der Waals surface area (Å²) in [5, 5.41) is 20.9. The largest absolute Gasteiger partial charge is 0.492 e. The van der Waals surface area contributed by atoms with Crippen LogP contribution in [-0.2, 0) is 4.79 Å². The molecule has 0 aliphatic carbocycles. The lowest BCUT2D eigenvalue weighted by Crippen LogP contribution is -2.21. The van der Waals surface area contributed by atoms with Gasteiger partial charge in [0.15, 0.2) is 11.9 Å². The number of hydrogen-bond acceptors (Lipinski definition) is 6. The van der Waals surface area contributed by atoms with E-state index in [2.05, 4.69) is 15.5 Å². The summed E-state index contributed by atoms with van der Waals surface area (Å²) in [6.45, 7) is 4.39. The molecule has 1 heterocycles. The van der Waals surface area contributed by atoms with Gasteiger partial charge in [-0.25, -0.2) is 9.48 Å². The van der Waals surface area contributed by atoms with Crippen molar-refractivity contribution in [1.29, 1.82) is 0 Å². The van der Waals surface area contributed by atoms with Crippen LogP contribution in [0.4, 0.5) is 5.69 Å². The van der Waals surface area contributed by atoms with Gasteiger partial charge in [0.1, 0.15) is 5.75 Å². The predicted octanol–water partition coefficient (Wildman–Crippen LogP) is 2.14. The summed E-state index contributed by atoms with van der Waals surface area (Å²) in [7, 11) is 0. The zero-order valence-corrected chi connectivity index (χ0v) is 13.3. The van der Waals surface area contributed by atoms with Gasteiger partial charge in [0.25, 0.3) is 0 Å². The number of nitrogens with zero attached hydrogens (tertiary/aromatic N) is 4. The SMILES string of the molecule is CCCCC(C(=O)O)n1nnnc1-c1ccc(OCC)c(N)c1. The number of ether oxygens (including phenoxy) is 1. The Balaban J connectivity index is 2.36. The number of nitrogen functional groups attached to an aromatic ring is 1. The fourth-order valence-electron chi connectivity index (χ4n) is 2.32. The maximum Gasteiger partial charge on any atom is 0.328 e. The first-order valence-electron chi connectivity index (χ1n) is 7.61. The van der Waals surface area contributed by atoms with Gasteiger partial charge in [-0.2, -0.15) is 0 Å². The summed E-state index contributed by atoms with van der Waals surface area (Å²) >= 11 is 0. The van der Waals surface area contributed by atoms with Crippen LogP contribution in [0.15, 0.2) is 18.2 Å². The first kappa shape index (κ1) is 16.7. The molecule has 1 unspecified atom stereocenters. The second-order valence-corrected chi connectivity index (χ2v) is 5.13. The van der Waals surface area contributed by atoms with E-state index in [1.165, 1.54) is 4.68 Å². The summed E-state index contributed by atoms with van der Waals surface area (Å²) in [4.78, 5) is 11.5. The number of carboxylic acid groups (broad SMARTS) is 1. The average molecular weight is 319 g/mol. The molecule has 0 spiro atoms. The number of hydrogen-bond donors (Lipinski definition) is 2. The van der Waals surface area contributed by atoms with Crippen molar-refractivity contribution in [2.75, 3.05) is 12.3 Å². The zero-order chi connectivity index (χ0) is 16.8. The number of carboxylic acids is 1. The standard InChI is InChI=1S/C15H21N5O3/c1-3-5-6-12(15(21)22)20-14(17-18-19-20)10-7-8-13(23-4-2)11(16)9-10/h7-9,12H,3-6,16H2,1-2H3,(H,21,22). The molecule has 0 bridgehead atoms. The lowest BCUT2D eigenvalue weighted by Gasteiger charge is -2.14. The number of aromatic nitrogens is 4. The highest BCUT2D eigenvalue weighted by Gasteiger charge is 2.24. The lowest BCUT2D eigenvalue weighted by atomic mass is 10.1. The van der Waals surface area contributed by atoms with Crippen LogP contribution in [0.2, 0.25) is 0 Å². The van der Waals surface area contributed by atoms with Gasteiger partial charge in [-0.1, -0.05) is 19.8 Å². The predicted molar refractivity (Wildman–Crippen MR) is 85.0 cm³/mol. The molecule has 0 aliphatic heterocycles. The van der Waals surface area contributed by atoms with E-state index in [9.17, 15) is 9.90 Å². The minimum Gasteiger partial charge on any atom is -0.492 e. The number of aliphatic carboxylic acids is 1. The van der Waals surface area contributed by atoms with Crippen molar-refractivity contribution in [2.45, 2.75) is 39.2 Å². The Morgan fingerprint density at radius 1 is 1.43 bits per heavy atom. The van der Waals surface area contributed by atoms with Crippen LogP contribution in [0.25, 0.3) is 11.4 Å². The number of nitrogens with two attached hydrogens (primary N) is 1. The van der Waals surface area contributed by atoms with E-state index >= 15 is 0 Å². The minimum atomic E-state index is -0.953. The van der Waals surface area contributed by atoms with Crippen molar-refractivity contribution in [1.82, 2.24) is 20.2 Å². The number of rotatable bonds is 8. The van der Waals surface area contributed by atoms with E-state index < -0.39 is 12.0 Å². The van der Waals surface area contributed by atoms with Gasteiger partial charge in [-0.15, -0.1) is 5.10 Å². The Morgan fingerprint density at radius 2 is 2.22 bits per heavy atom. The molecule has 0 aliphatic rings. The van der Waals surface area contributed by atoms with Crippen LogP contribution >= 0.6 is 0 Å². The lowest BCUT2D eigenvalue weighted by molar-refractivity contribution is -0.141. The molecular weight excluding hydrogens is 298 g/mol. The van der Waals surface area contributed by atoms with Gasteiger partial charge in [0.2, 0.25) is 0 Å². The van der Waals surface area contributed by atoms with E-state index in [1.807, 2.05) is 13.8 Å². The summed E-state index contributed by atoms with van der Waals surface area (Å²) in [6, 6.07) is 4.39. The van der Waals surface area contributed by atoms with Crippen LogP contribution in [-0.4, -0.2) is 37.9 Å². The van der Waals surface area contributed by atoms with Gasteiger partial charge in [-0.05, 0) is 42.0 Å². The van der Waals surface area contributed by atoms with E-state index in [-0.39, 0.29) is 0 Å². The highest BCUT2D eigenvalue weighted by atomic mass is 16.5. The van der Waals surface area contributed by atoms with Crippen molar-refractivity contribution < 1.29 is 14.6 Å². The fraction of sp³-hybridized carbons (Fsp3) is 0.467. The maximum absolute atomic E-state index is 11.5. The third-order valence-electron chi connectivity index (χ3n) is 3.47. The Kier molecular flexibility index (Phi) is 5.51. The zero-order valence-electron chi connectivity index (χ0n) is 13.3.